The van der Waals surface area contributed by atoms with Crippen LogP contribution in [0.3, 0.4) is 0 Å². The molecule has 0 unspecified atom stereocenters. The first-order valence-electron chi connectivity index (χ1n) is 7.13. The molecule has 0 saturated heterocycles. The van der Waals surface area contributed by atoms with Crippen molar-refractivity contribution in [2.45, 2.75) is 40.0 Å². The van der Waals surface area contributed by atoms with Gasteiger partial charge in [-0.15, -0.1) is 0 Å². The van der Waals surface area contributed by atoms with Crippen LogP contribution in [0.1, 0.15) is 37.5 Å². The summed E-state index contributed by atoms with van der Waals surface area (Å²) in [5.41, 5.74) is 6.32. The number of benzene rings is 2. The summed E-state index contributed by atoms with van der Waals surface area (Å²) in [7, 11) is 0. The molecule has 0 aromatic heterocycles. The number of hydrogen-bond acceptors (Lipinski definition) is 1. The lowest BCUT2D eigenvalue weighted by molar-refractivity contribution is 0.474. The highest BCUT2D eigenvalue weighted by atomic mass is 16.3. The summed E-state index contributed by atoms with van der Waals surface area (Å²) >= 11 is 0. The van der Waals surface area contributed by atoms with Crippen LogP contribution < -0.4 is 0 Å². The summed E-state index contributed by atoms with van der Waals surface area (Å²) in [4.78, 5) is 0. The van der Waals surface area contributed by atoms with Crippen LogP contribution in [0, 0.1) is 0 Å². The van der Waals surface area contributed by atoms with Crippen LogP contribution in [-0.4, -0.2) is 5.11 Å². The summed E-state index contributed by atoms with van der Waals surface area (Å²) in [5.74, 6) is 0.367. The van der Waals surface area contributed by atoms with E-state index in [-0.39, 0.29) is 0 Å². The van der Waals surface area contributed by atoms with Gasteiger partial charge in [0.2, 0.25) is 0 Å². The highest BCUT2D eigenvalue weighted by Crippen LogP contribution is 2.32. The Hall–Kier alpha value is -1.76. The van der Waals surface area contributed by atoms with E-state index in [9.17, 15) is 5.11 Å². The van der Waals surface area contributed by atoms with Gasteiger partial charge in [0.05, 0.1) is 0 Å². The fourth-order valence-corrected chi connectivity index (χ4v) is 2.66. The Morgan fingerprint density at radius 3 is 2.32 bits per heavy atom. The third-order valence-electron chi connectivity index (χ3n) is 3.71. The van der Waals surface area contributed by atoms with Gasteiger partial charge in [-0.1, -0.05) is 45.0 Å². The Morgan fingerprint density at radius 2 is 1.68 bits per heavy atom. The Morgan fingerprint density at radius 1 is 0.895 bits per heavy atom. The minimum Gasteiger partial charge on any atom is -0.508 e. The molecule has 0 aliphatic heterocycles. The molecule has 1 heteroatoms. The molecule has 0 atom stereocenters. The van der Waals surface area contributed by atoms with Crippen LogP contribution in [0.25, 0.3) is 11.1 Å². The van der Waals surface area contributed by atoms with Gasteiger partial charge in [-0.3, -0.25) is 0 Å². The van der Waals surface area contributed by atoms with E-state index in [2.05, 4.69) is 45.0 Å². The molecule has 2 aromatic carbocycles. The first kappa shape index (κ1) is 13.7. The molecule has 2 aromatic rings. The second-order valence-electron chi connectivity index (χ2n) is 4.89. The Balaban J connectivity index is 2.62. The van der Waals surface area contributed by atoms with E-state index in [0.717, 1.165) is 19.3 Å². The zero-order valence-electron chi connectivity index (χ0n) is 12.0. The molecule has 1 N–H and O–H groups in total. The van der Waals surface area contributed by atoms with Crippen LogP contribution in [0.2, 0.25) is 0 Å². The lowest BCUT2D eigenvalue weighted by Crippen LogP contribution is -1.95. The highest BCUT2D eigenvalue weighted by molar-refractivity contribution is 5.71. The first-order valence-corrected chi connectivity index (χ1v) is 7.13. The SMILES string of the molecule is CCc1cccc(-c2cc(O)cc(CC)c2CC)c1. The van der Waals surface area contributed by atoms with E-state index in [1.807, 2.05) is 12.1 Å². The summed E-state index contributed by atoms with van der Waals surface area (Å²) in [6.07, 6.45) is 2.99. The summed E-state index contributed by atoms with van der Waals surface area (Å²) in [6.45, 7) is 6.48. The predicted molar refractivity (Wildman–Crippen MR) is 81.7 cm³/mol. The molecule has 0 spiro atoms. The van der Waals surface area contributed by atoms with Gasteiger partial charge in [0.15, 0.2) is 0 Å². The smallest absolute Gasteiger partial charge is 0.116 e. The predicted octanol–water partition coefficient (Wildman–Crippen LogP) is 4.75. The standard InChI is InChI=1S/C18H22O/c1-4-13-8-7-9-15(10-13)18-12-16(19)11-14(5-2)17(18)6-3/h7-12,19H,4-6H2,1-3H3. The number of aryl methyl sites for hydroxylation is 2. The van der Waals surface area contributed by atoms with Gasteiger partial charge in [0.1, 0.15) is 5.75 Å². The lowest BCUT2D eigenvalue weighted by Gasteiger charge is -2.14. The molecule has 0 aliphatic rings. The van der Waals surface area contributed by atoms with Crippen molar-refractivity contribution >= 4 is 0 Å². The number of phenolic OH excluding ortho intramolecular Hbond substituents is 1. The van der Waals surface area contributed by atoms with Crippen molar-refractivity contribution < 1.29 is 5.11 Å². The largest absolute Gasteiger partial charge is 0.508 e. The monoisotopic (exact) mass is 254 g/mol. The fourth-order valence-electron chi connectivity index (χ4n) is 2.66. The first-order chi connectivity index (χ1) is 9.19. The van der Waals surface area contributed by atoms with Crippen LogP contribution >= 0.6 is 0 Å². The molecule has 0 saturated carbocycles. The zero-order valence-corrected chi connectivity index (χ0v) is 12.0. The molecule has 0 aliphatic carbocycles. The van der Waals surface area contributed by atoms with E-state index in [1.54, 1.807) is 0 Å². The van der Waals surface area contributed by atoms with E-state index >= 15 is 0 Å². The molecular weight excluding hydrogens is 232 g/mol. The maximum absolute atomic E-state index is 9.93. The van der Waals surface area contributed by atoms with Crippen molar-refractivity contribution in [3.05, 3.63) is 53.1 Å². The van der Waals surface area contributed by atoms with E-state index < -0.39 is 0 Å². The van der Waals surface area contributed by atoms with Crippen LogP contribution in [-0.2, 0) is 19.3 Å². The fraction of sp³-hybridized carbons (Fsp3) is 0.333. The molecule has 19 heavy (non-hydrogen) atoms. The minimum absolute atomic E-state index is 0.367. The topological polar surface area (TPSA) is 20.2 Å². The summed E-state index contributed by atoms with van der Waals surface area (Å²) in [5, 5.41) is 9.93. The van der Waals surface area contributed by atoms with Crippen molar-refractivity contribution in [1.82, 2.24) is 0 Å². The van der Waals surface area contributed by atoms with Gasteiger partial charge in [-0.2, -0.15) is 0 Å². The average molecular weight is 254 g/mol. The quantitative estimate of drug-likeness (QED) is 0.835. The molecule has 0 bridgehead atoms. The van der Waals surface area contributed by atoms with Crippen LogP contribution in [0.15, 0.2) is 36.4 Å². The maximum Gasteiger partial charge on any atom is 0.116 e. The molecule has 0 amide bonds. The van der Waals surface area contributed by atoms with Crippen LogP contribution in [0.5, 0.6) is 5.75 Å². The van der Waals surface area contributed by atoms with E-state index in [4.69, 9.17) is 0 Å². The van der Waals surface area contributed by atoms with Crippen LogP contribution in [0.4, 0.5) is 0 Å². The molecule has 2 rings (SSSR count). The Labute approximate surface area is 115 Å². The second-order valence-corrected chi connectivity index (χ2v) is 4.89. The maximum atomic E-state index is 9.93. The van der Waals surface area contributed by atoms with Crippen molar-refractivity contribution in [1.29, 1.82) is 0 Å². The number of phenols is 1. The van der Waals surface area contributed by atoms with Gasteiger partial charge in [0, 0.05) is 0 Å². The number of rotatable bonds is 4. The normalized spacial score (nSPS) is 10.7. The van der Waals surface area contributed by atoms with E-state index in [0.29, 0.717) is 5.75 Å². The van der Waals surface area contributed by atoms with Crippen molar-refractivity contribution in [3.63, 3.8) is 0 Å². The van der Waals surface area contributed by atoms with Crippen molar-refractivity contribution in [2.75, 3.05) is 0 Å². The zero-order chi connectivity index (χ0) is 13.8. The summed E-state index contributed by atoms with van der Waals surface area (Å²) < 4.78 is 0. The third kappa shape index (κ3) is 2.81. The van der Waals surface area contributed by atoms with Crippen molar-refractivity contribution in [3.8, 4) is 16.9 Å². The Bertz CT molecular complexity index is 570. The molecule has 0 radical (unpaired) electrons. The molecule has 0 heterocycles. The lowest BCUT2D eigenvalue weighted by atomic mass is 9.91. The highest BCUT2D eigenvalue weighted by Gasteiger charge is 2.10. The van der Waals surface area contributed by atoms with Gasteiger partial charge < -0.3 is 5.11 Å². The Kier molecular flexibility index (Phi) is 4.26. The van der Waals surface area contributed by atoms with E-state index in [1.165, 1.54) is 27.8 Å². The number of aromatic hydroxyl groups is 1. The van der Waals surface area contributed by atoms with Gasteiger partial charge in [-0.05, 0) is 59.2 Å². The molecule has 100 valence electrons. The molecule has 1 nitrogen and oxygen atoms in total. The van der Waals surface area contributed by atoms with Gasteiger partial charge >= 0.3 is 0 Å². The molecule has 0 fully saturated rings. The summed E-state index contributed by atoms with van der Waals surface area (Å²) in [6, 6.07) is 12.4. The van der Waals surface area contributed by atoms with Gasteiger partial charge in [-0.25, -0.2) is 0 Å². The average Bonchev–Trinajstić information content (AvgIpc) is 2.46. The second kappa shape index (κ2) is 5.92. The molecular formula is C18H22O. The minimum atomic E-state index is 0.367. The number of hydrogen-bond donors (Lipinski definition) is 1. The van der Waals surface area contributed by atoms with Crippen molar-refractivity contribution in [2.24, 2.45) is 0 Å². The third-order valence-corrected chi connectivity index (χ3v) is 3.71. The van der Waals surface area contributed by atoms with Gasteiger partial charge in [0.25, 0.3) is 0 Å².